The number of carbonyl (C=O) groups is 1. The van der Waals surface area contributed by atoms with Gasteiger partial charge in [0, 0.05) is 43.8 Å². The van der Waals surface area contributed by atoms with Crippen molar-refractivity contribution in [3.63, 3.8) is 0 Å². The molecule has 2 aromatic rings. The molecule has 0 bridgehead atoms. The summed E-state index contributed by atoms with van der Waals surface area (Å²) in [5.41, 5.74) is 0.843. The monoisotopic (exact) mass is 547 g/mol. The number of likely N-dealkylation sites (N-methyl/N-ethyl adjacent to an activating group) is 1. The van der Waals surface area contributed by atoms with Crippen LogP contribution in [0.1, 0.15) is 18.7 Å². The average molecular weight is 548 g/mol. The molecule has 1 saturated heterocycles. The first kappa shape index (κ1) is 24.4. The molecule has 1 amide bonds. The summed E-state index contributed by atoms with van der Waals surface area (Å²) < 4.78 is 5.31. The molecule has 9 nitrogen and oxygen atoms in total. The molecule has 0 saturated carbocycles. The lowest BCUT2D eigenvalue weighted by Gasteiger charge is -2.32. The molecule has 0 aliphatic carbocycles. The van der Waals surface area contributed by atoms with Gasteiger partial charge in [0.25, 0.3) is 0 Å². The number of piperidine rings is 1. The Labute approximate surface area is 198 Å². The Morgan fingerprint density at radius 3 is 2.63 bits per heavy atom. The number of likely N-dealkylation sites (tertiary alicyclic amines) is 1. The van der Waals surface area contributed by atoms with Crippen molar-refractivity contribution in [2.75, 3.05) is 33.7 Å². The molecule has 164 valence electrons. The minimum absolute atomic E-state index is 0. The van der Waals surface area contributed by atoms with Crippen LogP contribution in [0.4, 0.5) is 0 Å². The first-order valence-electron chi connectivity index (χ1n) is 9.56. The number of hydrogen-bond acceptors (Lipinski definition) is 6. The maximum atomic E-state index is 11.5. The van der Waals surface area contributed by atoms with Gasteiger partial charge in [-0.3, -0.25) is 14.7 Å². The molecule has 0 atom stereocenters. The fourth-order valence-corrected chi connectivity index (χ4v) is 3.23. The maximum Gasteiger partial charge on any atom is 0.246 e. The zero-order valence-electron chi connectivity index (χ0n) is 17.0. The van der Waals surface area contributed by atoms with Crippen molar-refractivity contribution in [1.29, 1.82) is 0 Å². The fraction of sp³-hybridized carbons (Fsp3) is 0.474. The molecule has 1 aromatic heterocycles. The maximum absolute atomic E-state index is 11.5. The molecule has 0 spiro atoms. The lowest BCUT2D eigenvalue weighted by atomic mass is 10.1. The Hall–Kier alpha value is -1.92. The number of benzene rings is 1. The van der Waals surface area contributed by atoms with Crippen molar-refractivity contribution in [1.82, 2.24) is 31.0 Å². The van der Waals surface area contributed by atoms with Gasteiger partial charge in [0.2, 0.25) is 17.6 Å². The van der Waals surface area contributed by atoms with E-state index in [0.29, 0.717) is 41.8 Å². The van der Waals surface area contributed by atoms with Crippen molar-refractivity contribution in [2.24, 2.45) is 4.99 Å². The Balaban J connectivity index is 0.00000320. The van der Waals surface area contributed by atoms with Crippen LogP contribution in [0, 0.1) is 0 Å². The van der Waals surface area contributed by atoms with E-state index in [1.807, 2.05) is 12.1 Å². The smallest absolute Gasteiger partial charge is 0.246 e. The highest BCUT2D eigenvalue weighted by molar-refractivity contribution is 14.0. The summed E-state index contributed by atoms with van der Waals surface area (Å²) >= 11 is 5.91. The normalized spacial score (nSPS) is 15.4. The zero-order valence-corrected chi connectivity index (χ0v) is 20.1. The molecular weight excluding hydrogens is 521 g/mol. The second-order valence-corrected chi connectivity index (χ2v) is 7.25. The van der Waals surface area contributed by atoms with Gasteiger partial charge in [0.05, 0.1) is 13.1 Å². The number of rotatable bonds is 6. The van der Waals surface area contributed by atoms with E-state index in [-0.39, 0.29) is 29.9 Å². The van der Waals surface area contributed by atoms with Gasteiger partial charge in [0.1, 0.15) is 0 Å². The number of carbonyl (C=O) groups excluding carboxylic acids is 1. The second kappa shape index (κ2) is 12.1. The topological polar surface area (TPSA) is 108 Å². The summed E-state index contributed by atoms with van der Waals surface area (Å²) in [6.07, 6.45) is 1.89. The van der Waals surface area contributed by atoms with E-state index in [0.717, 1.165) is 31.5 Å². The number of aliphatic imine (C=N–C) groups is 1. The van der Waals surface area contributed by atoms with Gasteiger partial charge >= 0.3 is 0 Å². The van der Waals surface area contributed by atoms with Crippen molar-refractivity contribution in [2.45, 2.75) is 25.4 Å². The number of amides is 1. The van der Waals surface area contributed by atoms with Crippen molar-refractivity contribution < 1.29 is 9.32 Å². The Morgan fingerprint density at radius 2 is 2.00 bits per heavy atom. The van der Waals surface area contributed by atoms with Gasteiger partial charge in [-0.25, -0.2) is 0 Å². The van der Waals surface area contributed by atoms with E-state index in [1.165, 1.54) is 0 Å². The quantitative estimate of drug-likeness (QED) is 0.288. The summed E-state index contributed by atoms with van der Waals surface area (Å²) in [6, 6.07) is 7.57. The summed E-state index contributed by atoms with van der Waals surface area (Å²) in [5, 5.41) is 13.9. The highest BCUT2D eigenvalue weighted by atomic mass is 127. The third kappa shape index (κ3) is 7.10. The molecule has 1 aliphatic heterocycles. The number of hydrogen-bond donors (Lipinski definition) is 3. The third-order valence-electron chi connectivity index (χ3n) is 4.78. The largest absolute Gasteiger partial charge is 0.358 e. The lowest BCUT2D eigenvalue weighted by molar-refractivity contribution is -0.122. The molecule has 3 N–H and O–H groups in total. The summed E-state index contributed by atoms with van der Waals surface area (Å²) in [5.74, 6) is 1.72. The minimum atomic E-state index is 0. The van der Waals surface area contributed by atoms with Crippen LogP contribution in [0.3, 0.4) is 0 Å². The Kier molecular flexibility index (Phi) is 9.79. The molecule has 1 fully saturated rings. The van der Waals surface area contributed by atoms with Crippen LogP contribution in [-0.4, -0.2) is 66.7 Å². The number of guanidine groups is 1. The number of aromatic nitrogens is 2. The van der Waals surface area contributed by atoms with Crippen LogP contribution in [0.2, 0.25) is 5.02 Å². The van der Waals surface area contributed by atoms with Crippen LogP contribution in [0.25, 0.3) is 11.4 Å². The van der Waals surface area contributed by atoms with Crippen LogP contribution in [-0.2, 0) is 11.3 Å². The number of nitrogens with one attached hydrogen (secondary N) is 3. The van der Waals surface area contributed by atoms with Crippen LogP contribution in [0.5, 0.6) is 0 Å². The molecule has 30 heavy (non-hydrogen) atoms. The van der Waals surface area contributed by atoms with E-state index in [2.05, 4.69) is 36.0 Å². The predicted molar refractivity (Wildman–Crippen MR) is 127 cm³/mol. The average Bonchev–Trinajstić information content (AvgIpc) is 3.21. The summed E-state index contributed by atoms with van der Waals surface area (Å²) in [7, 11) is 3.39. The number of nitrogens with zero attached hydrogens (tertiary/aromatic N) is 4. The molecule has 3 rings (SSSR count). The predicted octanol–water partition coefficient (Wildman–Crippen LogP) is 1.88. The summed E-state index contributed by atoms with van der Waals surface area (Å²) in [6.45, 7) is 2.56. The molecule has 2 heterocycles. The van der Waals surface area contributed by atoms with E-state index in [1.54, 1.807) is 26.2 Å². The van der Waals surface area contributed by atoms with E-state index >= 15 is 0 Å². The third-order valence-corrected chi connectivity index (χ3v) is 5.03. The summed E-state index contributed by atoms with van der Waals surface area (Å²) in [4.78, 5) is 22.3. The first-order chi connectivity index (χ1) is 14.1. The van der Waals surface area contributed by atoms with Gasteiger partial charge in [-0.05, 0) is 37.1 Å². The molecule has 1 aliphatic rings. The number of halogens is 2. The van der Waals surface area contributed by atoms with Gasteiger partial charge in [-0.1, -0.05) is 16.8 Å². The van der Waals surface area contributed by atoms with Gasteiger partial charge in [-0.2, -0.15) is 4.98 Å². The molecule has 0 unspecified atom stereocenters. The SMILES string of the molecule is CN=C(NCc1nc(-c2ccc(Cl)cc2)no1)NC1CCN(CC(=O)NC)CC1.I. The standard InChI is InChI=1S/C19H26ClN7O2.HI/c1-21-16(28)12-27-9-7-15(8-10-27)24-19(22-2)23-11-17-25-18(26-29-17)13-3-5-14(20)6-4-13;/h3-6,15H,7-12H2,1-2H3,(H,21,28)(H2,22,23,24);1H. The fourth-order valence-electron chi connectivity index (χ4n) is 3.11. The highest BCUT2D eigenvalue weighted by Gasteiger charge is 2.21. The first-order valence-corrected chi connectivity index (χ1v) is 9.94. The second-order valence-electron chi connectivity index (χ2n) is 6.81. The van der Waals surface area contributed by atoms with Crippen molar-refractivity contribution >= 4 is 47.4 Å². The zero-order chi connectivity index (χ0) is 20.6. The van der Waals surface area contributed by atoms with Crippen LogP contribution in [0.15, 0.2) is 33.8 Å². The van der Waals surface area contributed by atoms with Crippen molar-refractivity contribution in [3.05, 3.63) is 35.2 Å². The molecular formula is C19H27ClIN7O2. The molecule has 0 radical (unpaired) electrons. The van der Waals surface area contributed by atoms with E-state index in [9.17, 15) is 4.79 Å². The molecule has 11 heteroatoms. The molecule has 1 aromatic carbocycles. The van der Waals surface area contributed by atoms with E-state index < -0.39 is 0 Å². The minimum Gasteiger partial charge on any atom is -0.358 e. The van der Waals surface area contributed by atoms with Crippen LogP contribution >= 0.6 is 35.6 Å². The Morgan fingerprint density at radius 1 is 1.30 bits per heavy atom. The van der Waals surface area contributed by atoms with Gasteiger partial charge in [-0.15, -0.1) is 24.0 Å². The lowest BCUT2D eigenvalue weighted by Crippen LogP contribution is -2.49. The van der Waals surface area contributed by atoms with Gasteiger partial charge < -0.3 is 20.5 Å². The van der Waals surface area contributed by atoms with E-state index in [4.69, 9.17) is 16.1 Å². The Bertz CT molecular complexity index is 836. The van der Waals surface area contributed by atoms with Crippen molar-refractivity contribution in [3.8, 4) is 11.4 Å². The van der Waals surface area contributed by atoms with Gasteiger partial charge in [0.15, 0.2) is 5.96 Å². The van der Waals surface area contributed by atoms with Crippen LogP contribution < -0.4 is 16.0 Å². The highest BCUT2D eigenvalue weighted by Crippen LogP contribution is 2.18.